The van der Waals surface area contributed by atoms with Gasteiger partial charge in [-0.2, -0.15) is 5.10 Å². The summed E-state index contributed by atoms with van der Waals surface area (Å²) in [6.45, 7) is 4.57. The molecule has 0 unspecified atom stereocenters. The maximum absolute atomic E-state index is 12.2. The van der Waals surface area contributed by atoms with Crippen LogP contribution in [0.1, 0.15) is 22.8 Å². The quantitative estimate of drug-likeness (QED) is 0.585. The molecule has 4 rings (SSSR count). The number of carboxylic acid groups (broad SMARTS) is 1. The number of thiophene rings is 1. The van der Waals surface area contributed by atoms with Crippen LogP contribution in [0.4, 0.5) is 0 Å². The second-order valence-corrected chi connectivity index (χ2v) is 6.89. The fourth-order valence-electron chi connectivity index (χ4n) is 3.11. The molecule has 0 aliphatic carbocycles. The van der Waals surface area contributed by atoms with Gasteiger partial charge in [0.05, 0.1) is 22.3 Å². The molecular weight excluding hydrogens is 348 g/mol. The Morgan fingerprint density at radius 2 is 2.15 bits per heavy atom. The van der Waals surface area contributed by atoms with Gasteiger partial charge in [0.2, 0.25) is 0 Å². The van der Waals surface area contributed by atoms with E-state index in [9.17, 15) is 9.90 Å². The zero-order valence-corrected chi connectivity index (χ0v) is 15.1. The Labute approximate surface area is 153 Å². The van der Waals surface area contributed by atoms with Gasteiger partial charge in [-0.3, -0.25) is 4.98 Å². The highest BCUT2D eigenvalue weighted by atomic mass is 32.1. The largest absolute Gasteiger partial charge is 0.478 e. The number of pyridine rings is 2. The number of fused-ring (bicyclic) bond motifs is 1. The number of hydrogen-bond acceptors (Lipinski definition) is 5. The number of aryl methyl sites for hydroxylation is 2. The predicted octanol–water partition coefficient (Wildman–Crippen LogP) is 4.25. The van der Waals surface area contributed by atoms with E-state index < -0.39 is 5.97 Å². The van der Waals surface area contributed by atoms with Crippen molar-refractivity contribution in [3.8, 4) is 21.7 Å². The van der Waals surface area contributed by atoms with Crippen LogP contribution in [0.3, 0.4) is 0 Å². The highest BCUT2D eigenvalue weighted by Crippen LogP contribution is 2.38. The smallest absolute Gasteiger partial charge is 0.338 e. The first-order chi connectivity index (χ1) is 12.6. The maximum Gasteiger partial charge on any atom is 0.338 e. The highest BCUT2D eigenvalue weighted by molar-refractivity contribution is 7.13. The second kappa shape index (κ2) is 6.34. The Hall–Kier alpha value is -3.06. The van der Waals surface area contributed by atoms with Crippen LogP contribution in [0.5, 0.6) is 0 Å². The van der Waals surface area contributed by atoms with E-state index in [0.29, 0.717) is 23.4 Å². The number of hydrogen-bond donors (Lipinski definition) is 1. The molecule has 0 radical (unpaired) electrons. The number of aromatic nitrogens is 4. The van der Waals surface area contributed by atoms with Crippen molar-refractivity contribution >= 4 is 28.3 Å². The first-order valence-electron chi connectivity index (χ1n) is 8.19. The minimum absolute atomic E-state index is 0.183. The molecule has 0 aliphatic heterocycles. The number of nitrogens with zero attached hydrogens (tertiary/aromatic N) is 4. The summed E-state index contributed by atoms with van der Waals surface area (Å²) in [6, 6.07) is 5.72. The van der Waals surface area contributed by atoms with Gasteiger partial charge in [-0.25, -0.2) is 14.5 Å². The molecule has 7 heteroatoms. The van der Waals surface area contributed by atoms with Crippen LogP contribution >= 0.6 is 11.3 Å². The molecular formula is C19H16N4O2S. The third-order valence-corrected chi connectivity index (χ3v) is 5.09. The lowest BCUT2D eigenvalue weighted by Gasteiger charge is -2.13. The summed E-state index contributed by atoms with van der Waals surface area (Å²) in [5, 5.41) is 17.0. The van der Waals surface area contributed by atoms with Gasteiger partial charge in [0.1, 0.15) is 0 Å². The molecule has 0 saturated heterocycles. The summed E-state index contributed by atoms with van der Waals surface area (Å²) < 4.78 is 1.78. The summed E-state index contributed by atoms with van der Waals surface area (Å²) >= 11 is 1.47. The Bertz CT molecular complexity index is 1120. The fourth-order valence-corrected chi connectivity index (χ4v) is 3.83. The van der Waals surface area contributed by atoms with Crippen LogP contribution in [-0.2, 0) is 6.54 Å². The normalized spacial score (nSPS) is 11.2. The topological polar surface area (TPSA) is 80.9 Å². The van der Waals surface area contributed by atoms with Gasteiger partial charge in [0.15, 0.2) is 5.65 Å². The number of carboxylic acids is 1. The van der Waals surface area contributed by atoms with Gasteiger partial charge < -0.3 is 5.11 Å². The van der Waals surface area contributed by atoms with Gasteiger partial charge in [0, 0.05) is 35.5 Å². The first kappa shape index (κ1) is 16.4. The molecule has 4 heterocycles. The summed E-state index contributed by atoms with van der Waals surface area (Å²) in [4.78, 5) is 22.0. The zero-order valence-electron chi connectivity index (χ0n) is 14.3. The summed E-state index contributed by atoms with van der Waals surface area (Å²) in [7, 11) is 0. The summed E-state index contributed by atoms with van der Waals surface area (Å²) in [5.41, 5.74) is 3.65. The van der Waals surface area contributed by atoms with Gasteiger partial charge in [-0.1, -0.05) is 6.07 Å². The molecule has 6 nitrogen and oxygen atoms in total. The van der Waals surface area contributed by atoms with Crippen molar-refractivity contribution < 1.29 is 9.90 Å². The molecule has 1 N–H and O–H groups in total. The lowest BCUT2D eigenvalue weighted by Crippen LogP contribution is -2.07. The molecule has 0 bridgehead atoms. The Balaban J connectivity index is 2.18. The molecule has 0 saturated carbocycles. The van der Waals surface area contributed by atoms with Crippen molar-refractivity contribution in [2.75, 3.05) is 0 Å². The van der Waals surface area contributed by atoms with Crippen LogP contribution in [-0.4, -0.2) is 30.8 Å². The number of carbonyl (C=O) groups is 1. The average molecular weight is 364 g/mol. The van der Waals surface area contributed by atoms with Crippen LogP contribution in [0.2, 0.25) is 0 Å². The van der Waals surface area contributed by atoms with Crippen LogP contribution in [0.15, 0.2) is 42.2 Å². The monoisotopic (exact) mass is 364 g/mol. The van der Waals surface area contributed by atoms with Crippen molar-refractivity contribution in [3.63, 3.8) is 0 Å². The molecule has 0 fully saturated rings. The molecule has 0 aromatic carbocycles. The van der Waals surface area contributed by atoms with Crippen LogP contribution < -0.4 is 0 Å². The molecule has 130 valence electrons. The van der Waals surface area contributed by atoms with Gasteiger partial charge in [-0.05, 0) is 36.9 Å². The zero-order chi connectivity index (χ0) is 18.3. The maximum atomic E-state index is 12.2. The molecule has 0 spiro atoms. The molecule has 0 atom stereocenters. The van der Waals surface area contributed by atoms with Crippen LogP contribution in [0, 0.1) is 6.92 Å². The minimum atomic E-state index is -1.01. The number of rotatable bonds is 4. The summed E-state index contributed by atoms with van der Waals surface area (Å²) in [5.74, 6) is -1.01. The van der Waals surface area contributed by atoms with Crippen molar-refractivity contribution in [3.05, 3.63) is 53.3 Å². The Morgan fingerprint density at radius 3 is 2.81 bits per heavy atom. The third-order valence-electron chi connectivity index (χ3n) is 4.22. The lowest BCUT2D eigenvalue weighted by molar-refractivity contribution is 0.0698. The minimum Gasteiger partial charge on any atom is -0.478 e. The Kier molecular flexibility index (Phi) is 4.00. The molecule has 0 aliphatic rings. The van der Waals surface area contributed by atoms with E-state index in [0.717, 1.165) is 21.4 Å². The van der Waals surface area contributed by atoms with E-state index in [-0.39, 0.29) is 5.56 Å². The lowest BCUT2D eigenvalue weighted by atomic mass is 9.96. The summed E-state index contributed by atoms with van der Waals surface area (Å²) in [6.07, 6.45) is 5.13. The van der Waals surface area contributed by atoms with Crippen molar-refractivity contribution in [2.45, 2.75) is 20.4 Å². The third kappa shape index (κ3) is 2.57. The second-order valence-electron chi connectivity index (χ2n) is 5.94. The average Bonchev–Trinajstić information content (AvgIpc) is 3.29. The van der Waals surface area contributed by atoms with Crippen molar-refractivity contribution in [1.29, 1.82) is 0 Å². The highest BCUT2D eigenvalue weighted by Gasteiger charge is 2.25. The van der Waals surface area contributed by atoms with E-state index in [1.54, 1.807) is 23.3 Å². The first-order valence-corrected chi connectivity index (χ1v) is 9.06. The Morgan fingerprint density at radius 1 is 1.31 bits per heavy atom. The van der Waals surface area contributed by atoms with Gasteiger partial charge in [0.25, 0.3) is 0 Å². The van der Waals surface area contributed by atoms with E-state index in [2.05, 4.69) is 15.1 Å². The van der Waals surface area contributed by atoms with E-state index >= 15 is 0 Å². The molecule has 4 aromatic rings. The van der Waals surface area contributed by atoms with Crippen molar-refractivity contribution in [1.82, 2.24) is 19.7 Å². The standard InChI is InChI=1S/C19H16N4O2S/c1-3-23-18-13(10-21-23)15(12-7-11(2)8-20-9-12)16(19(24)25)17(22-18)14-5-4-6-26-14/h4-10H,3H2,1-2H3,(H,24,25). The number of aromatic carboxylic acids is 1. The van der Waals surface area contributed by atoms with E-state index in [1.807, 2.05) is 37.4 Å². The SMILES string of the molecule is CCn1ncc2c(-c3cncc(C)c3)c(C(=O)O)c(-c3cccs3)nc21. The fraction of sp³-hybridized carbons (Fsp3) is 0.158. The van der Waals surface area contributed by atoms with Gasteiger partial charge in [-0.15, -0.1) is 11.3 Å². The molecule has 26 heavy (non-hydrogen) atoms. The predicted molar refractivity (Wildman–Crippen MR) is 101 cm³/mol. The van der Waals surface area contributed by atoms with Crippen molar-refractivity contribution in [2.24, 2.45) is 0 Å². The van der Waals surface area contributed by atoms with E-state index in [4.69, 9.17) is 0 Å². The van der Waals surface area contributed by atoms with Gasteiger partial charge >= 0.3 is 5.97 Å². The van der Waals surface area contributed by atoms with E-state index in [1.165, 1.54) is 11.3 Å². The molecule has 4 aromatic heterocycles. The van der Waals surface area contributed by atoms with Crippen LogP contribution in [0.25, 0.3) is 32.7 Å². The molecule has 0 amide bonds.